The molecule has 122 valence electrons. The van der Waals surface area contributed by atoms with E-state index in [0.717, 1.165) is 11.3 Å². The predicted octanol–water partition coefficient (Wildman–Crippen LogP) is 3.95. The first-order valence-corrected chi connectivity index (χ1v) is 8.27. The Morgan fingerprint density at radius 3 is 2.58 bits per heavy atom. The number of anilines is 2. The molecular formula is C18H17N3O2S. The molecule has 24 heavy (non-hydrogen) atoms. The SMILES string of the molecule is CC(=O)c1cc2c(N)c(C(=O)Nc3ccccc3C)sc2nc1C. The van der Waals surface area contributed by atoms with E-state index in [0.29, 0.717) is 32.0 Å². The summed E-state index contributed by atoms with van der Waals surface area (Å²) in [6.07, 6.45) is 0. The number of aryl methyl sites for hydroxylation is 2. The normalized spacial score (nSPS) is 10.8. The highest BCUT2D eigenvalue weighted by atomic mass is 32.1. The molecule has 0 spiro atoms. The summed E-state index contributed by atoms with van der Waals surface area (Å²) >= 11 is 1.23. The number of nitrogen functional groups attached to an aromatic ring is 1. The number of hydrogen-bond donors (Lipinski definition) is 2. The average Bonchev–Trinajstić information content (AvgIpc) is 2.84. The molecule has 1 amide bonds. The van der Waals surface area contributed by atoms with Crippen molar-refractivity contribution < 1.29 is 9.59 Å². The first kappa shape index (κ1) is 16.1. The first-order chi connectivity index (χ1) is 11.4. The zero-order valence-corrected chi connectivity index (χ0v) is 14.5. The number of aromatic nitrogens is 1. The summed E-state index contributed by atoms with van der Waals surface area (Å²) in [5, 5.41) is 3.52. The number of thiophene rings is 1. The van der Waals surface area contributed by atoms with Crippen LogP contribution < -0.4 is 11.1 Å². The number of pyridine rings is 1. The Hall–Kier alpha value is -2.73. The van der Waals surface area contributed by atoms with Gasteiger partial charge in [-0.25, -0.2) is 4.98 Å². The molecule has 0 bridgehead atoms. The van der Waals surface area contributed by atoms with Crippen molar-refractivity contribution in [1.82, 2.24) is 4.98 Å². The van der Waals surface area contributed by atoms with Crippen LogP contribution in [0.3, 0.4) is 0 Å². The molecule has 0 aliphatic heterocycles. The van der Waals surface area contributed by atoms with E-state index in [4.69, 9.17) is 5.73 Å². The third-order valence-corrected chi connectivity index (χ3v) is 5.00. The van der Waals surface area contributed by atoms with Gasteiger partial charge in [-0.3, -0.25) is 9.59 Å². The number of amides is 1. The van der Waals surface area contributed by atoms with E-state index in [1.807, 2.05) is 31.2 Å². The standard InChI is InChI=1S/C18H17N3O2S/c1-9-6-4-5-7-14(9)21-17(23)16-15(19)13-8-12(11(3)22)10(2)20-18(13)24-16/h4-8H,19H2,1-3H3,(H,21,23). The second-order valence-electron chi connectivity index (χ2n) is 5.64. The van der Waals surface area contributed by atoms with Crippen LogP contribution in [0.4, 0.5) is 11.4 Å². The quantitative estimate of drug-likeness (QED) is 0.708. The van der Waals surface area contributed by atoms with E-state index in [-0.39, 0.29) is 11.7 Å². The van der Waals surface area contributed by atoms with Crippen molar-refractivity contribution in [3.05, 3.63) is 52.0 Å². The summed E-state index contributed by atoms with van der Waals surface area (Å²) in [6, 6.07) is 9.26. The molecule has 0 atom stereocenters. The molecule has 3 N–H and O–H groups in total. The second-order valence-corrected chi connectivity index (χ2v) is 6.64. The number of benzene rings is 1. The Kier molecular flexibility index (Phi) is 4.07. The molecule has 0 saturated heterocycles. The number of Topliss-reactive ketones (excluding diaryl/α,β-unsaturated/α-hetero) is 1. The molecule has 3 rings (SSSR count). The van der Waals surface area contributed by atoms with E-state index < -0.39 is 0 Å². The van der Waals surface area contributed by atoms with Gasteiger partial charge in [0.15, 0.2) is 5.78 Å². The lowest BCUT2D eigenvalue weighted by atomic mass is 10.1. The highest BCUT2D eigenvalue weighted by Crippen LogP contribution is 2.34. The maximum Gasteiger partial charge on any atom is 0.267 e. The molecule has 0 saturated carbocycles. The fourth-order valence-electron chi connectivity index (χ4n) is 2.55. The maximum atomic E-state index is 12.6. The van der Waals surface area contributed by atoms with Gasteiger partial charge in [0.05, 0.1) is 5.69 Å². The number of carbonyl (C=O) groups is 2. The largest absolute Gasteiger partial charge is 0.397 e. The van der Waals surface area contributed by atoms with Crippen LogP contribution in [0.2, 0.25) is 0 Å². The van der Waals surface area contributed by atoms with Crippen LogP contribution in [-0.4, -0.2) is 16.7 Å². The number of nitrogens with one attached hydrogen (secondary N) is 1. The fraction of sp³-hybridized carbons (Fsp3) is 0.167. The van der Waals surface area contributed by atoms with Crippen molar-refractivity contribution >= 4 is 44.6 Å². The van der Waals surface area contributed by atoms with Crippen molar-refractivity contribution in [2.24, 2.45) is 0 Å². The molecule has 0 radical (unpaired) electrons. The minimum Gasteiger partial charge on any atom is -0.397 e. The smallest absolute Gasteiger partial charge is 0.267 e. The Balaban J connectivity index is 2.04. The van der Waals surface area contributed by atoms with E-state index in [2.05, 4.69) is 10.3 Å². The lowest BCUT2D eigenvalue weighted by molar-refractivity contribution is 0.101. The number of nitrogens with zero attached hydrogens (tertiary/aromatic N) is 1. The molecule has 2 aromatic heterocycles. The molecule has 2 heterocycles. The van der Waals surface area contributed by atoms with Gasteiger partial charge in [-0.15, -0.1) is 11.3 Å². The van der Waals surface area contributed by atoms with Gasteiger partial charge in [-0.2, -0.15) is 0 Å². The predicted molar refractivity (Wildman–Crippen MR) is 97.9 cm³/mol. The van der Waals surface area contributed by atoms with Gasteiger partial charge in [0.1, 0.15) is 9.71 Å². The molecule has 3 aromatic rings. The summed E-state index contributed by atoms with van der Waals surface area (Å²) in [5.41, 5.74) is 9.39. The van der Waals surface area contributed by atoms with Gasteiger partial charge in [-0.1, -0.05) is 18.2 Å². The molecule has 0 fully saturated rings. The molecule has 1 aromatic carbocycles. The fourth-order valence-corrected chi connectivity index (χ4v) is 3.56. The van der Waals surface area contributed by atoms with Crippen LogP contribution >= 0.6 is 11.3 Å². The molecular weight excluding hydrogens is 322 g/mol. The van der Waals surface area contributed by atoms with Gasteiger partial charge in [-0.05, 0) is 38.5 Å². The van der Waals surface area contributed by atoms with Crippen molar-refractivity contribution in [3.8, 4) is 0 Å². The van der Waals surface area contributed by atoms with Crippen LogP contribution in [0.5, 0.6) is 0 Å². The highest BCUT2D eigenvalue weighted by Gasteiger charge is 2.20. The zero-order valence-electron chi connectivity index (χ0n) is 13.6. The van der Waals surface area contributed by atoms with Gasteiger partial charge < -0.3 is 11.1 Å². The zero-order chi connectivity index (χ0) is 17.4. The van der Waals surface area contributed by atoms with Gasteiger partial charge in [0.2, 0.25) is 0 Å². The summed E-state index contributed by atoms with van der Waals surface area (Å²) in [7, 11) is 0. The van der Waals surface area contributed by atoms with Crippen molar-refractivity contribution in [2.45, 2.75) is 20.8 Å². The minimum absolute atomic E-state index is 0.0709. The summed E-state index contributed by atoms with van der Waals surface area (Å²) in [4.78, 5) is 29.8. The van der Waals surface area contributed by atoms with Crippen LogP contribution in [0, 0.1) is 13.8 Å². The van der Waals surface area contributed by atoms with E-state index >= 15 is 0 Å². The third kappa shape index (κ3) is 2.76. The summed E-state index contributed by atoms with van der Waals surface area (Å²) in [5.74, 6) is -0.342. The van der Waals surface area contributed by atoms with Crippen LogP contribution in [0.1, 0.15) is 38.2 Å². The number of para-hydroxylation sites is 1. The molecule has 6 heteroatoms. The second kappa shape index (κ2) is 6.05. The number of nitrogens with two attached hydrogens (primary N) is 1. The molecule has 0 unspecified atom stereocenters. The highest BCUT2D eigenvalue weighted by molar-refractivity contribution is 7.21. The minimum atomic E-state index is -0.271. The van der Waals surface area contributed by atoms with Crippen LogP contribution in [-0.2, 0) is 0 Å². The number of hydrogen-bond acceptors (Lipinski definition) is 5. The summed E-state index contributed by atoms with van der Waals surface area (Å²) < 4.78 is 0. The Morgan fingerprint density at radius 2 is 1.92 bits per heavy atom. The monoisotopic (exact) mass is 339 g/mol. The molecule has 5 nitrogen and oxygen atoms in total. The lowest BCUT2D eigenvalue weighted by Crippen LogP contribution is -2.12. The third-order valence-electron chi connectivity index (χ3n) is 3.89. The van der Waals surface area contributed by atoms with Gasteiger partial charge in [0.25, 0.3) is 5.91 Å². The lowest BCUT2D eigenvalue weighted by Gasteiger charge is -2.07. The molecule has 0 aliphatic carbocycles. The Labute approximate surface area is 143 Å². The summed E-state index contributed by atoms with van der Waals surface area (Å²) in [6.45, 7) is 5.19. The van der Waals surface area contributed by atoms with Crippen LogP contribution in [0.25, 0.3) is 10.2 Å². The van der Waals surface area contributed by atoms with Crippen LogP contribution in [0.15, 0.2) is 30.3 Å². The first-order valence-electron chi connectivity index (χ1n) is 7.46. The van der Waals surface area contributed by atoms with Gasteiger partial charge in [0, 0.05) is 22.3 Å². The topological polar surface area (TPSA) is 85.1 Å². The number of ketones is 1. The van der Waals surface area contributed by atoms with Crippen molar-refractivity contribution in [2.75, 3.05) is 11.1 Å². The number of rotatable bonds is 3. The van der Waals surface area contributed by atoms with E-state index in [1.54, 1.807) is 13.0 Å². The Morgan fingerprint density at radius 1 is 1.21 bits per heavy atom. The van der Waals surface area contributed by atoms with E-state index in [9.17, 15) is 9.59 Å². The average molecular weight is 339 g/mol. The van der Waals surface area contributed by atoms with Gasteiger partial charge >= 0.3 is 0 Å². The molecule has 0 aliphatic rings. The van der Waals surface area contributed by atoms with Crippen molar-refractivity contribution in [3.63, 3.8) is 0 Å². The number of carbonyl (C=O) groups excluding carboxylic acids is 2. The van der Waals surface area contributed by atoms with E-state index in [1.165, 1.54) is 18.3 Å². The Bertz CT molecular complexity index is 976. The van der Waals surface area contributed by atoms with Crippen molar-refractivity contribution in [1.29, 1.82) is 0 Å². The maximum absolute atomic E-state index is 12.6. The number of fused-ring (bicyclic) bond motifs is 1.